The summed E-state index contributed by atoms with van der Waals surface area (Å²) < 4.78 is 0. The average molecular weight is 298 g/mol. The first-order valence-electron chi connectivity index (χ1n) is 8.87. The number of hydrogen-bond donors (Lipinski definition) is 0. The van der Waals surface area contributed by atoms with Crippen LogP contribution in [0, 0.1) is 11.8 Å². The number of allylic oxidation sites excluding steroid dienone is 6. The predicted molar refractivity (Wildman–Crippen MR) is 88.5 cm³/mol. The summed E-state index contributed by atoms with van der Waals surface area (Å²) in [6, 6.07) is 0. The molecule has 0 unspecified atom stereocenters. The second-order valence-corrected chi connectivity index (χ2v) is 6.96. The Kier molecular flexibility index (Phi) is 5.07. The summed E-state index contributed by atoms with van der Waals surface area (Å²) >= 11 is 0. The molecule has 0 aliphatic heterocycles. The van der Waals surface area contributed by atoms with Gasteiger partial charge in [-0.25, -0.2) is 0 Å². The fourth-order valence-electron chi connectivity index (χ4n) is 4.03. The largest absolute Gasteiger partial charge is 0.295 e. The van der Waals surface area contributed by atoms with E-state index in [1.807, 2.05) is 12.2 Å². The molecular weight excluding hydrogens is 272 g/mol. The van der Waals surface area contributed by atoms with Crippen LogP contribution in [0.1, 0.15) is 64.2 Å². The van der Waals surface area contributed by atoms with Crippen LogP contribution >= 0.6 is 0 Å². The zero-order valence-electron chi connectivity index (χ0n) is 13.4. The second kappa shape index (κ2) is 7.21. The Hall–Kier alpha value is -1.44. The fraction of sp³-hybridized carbons (Fsp3) is 0.600. The molecule has 0 fully saturated rings. The highest BCUT2D eigenvalue weighted by Crippen LogP contribution is 2.34. The SMILES string of the molecule is O=C1C=C([C@@H]2/C=C\[C@H](C3=CC(=O)CCC3)CCCC2)CCC1. The Morgan fingerprint density at radius 2 is 1.09 bits per heavy atom. The summed E-state index contributed by atoms with van der Waals surface area (Å²) in [4.78, 5) is 23.3. The third kappa shape index (κ3) is 3.85. The summed E-state index contributed by atoms with van der Waals surface area (Å²) in [5.74, 6) is 1.47. The van der Waals surface area contributed by atoms with Gasteiger partial charge in [-0.1, -0.05) is 36.1 Å². The molecule has 0 aromatic heterocycles. The maximum absolute atomic E-state index is 11.7. The Bertz CT molecular complexity index is 488. The van der Waals surface area contributed by atoms with Crippen LogP contribution in [0.15, 0.2) is 35.5 Å². The molecule has 2 nitrogen and oxygen atoms in total. The number of carbonyl (C=O) groups is 2. The number of carbonyl (C=O) groups excluding carboxylic acids is 2. The van der Waals surface area contributed by atoms with E-state index in [0.29, 0.717) is 23.4 Å². The van der Waals surface area contributed by atoms with Crippen molar-refractivity contribution in [3.05, 3.63) is 35.5 Å². The van der Waals surface area contributed by atoms with Gasteiger partial charge in [0.05, 0.1) is 0 Å². The predicted octanol–water partition coefficient (Wildman–Crippen LogP) is 4.71. The maximum atomic E-state index is 11.7. The van der Waals surface area contributed by atoms with E-state index in [9.17, 15) is 9.59 Å². The van der Waals surface area contributed by atoms with Crippen molar-refractivity contribution in [3.8, 4) is 0 Å². The zero-order chi connectivity index (χ0) is 15.4. The molecule has 3 aliphatic carbocycles. The van der Waals surface area contributed by atoms with Crippen LogP contribution < -0.4 is 0 Å². The fourth-order valence-corrected chi connectivity index (χ4v) is 4.03. The van der Waals surface area contributed by atoms with E-state index in [1.165, 1.54) is 36.8 Å². The standard InChI is InChI=1S/C20H26O2/c21-19-9-3-7-17(13-19)15-5-1-2-6-16(12-11-15)18-8-4-10-20(22)14-18/h11-16H,1-10H2/b12-11-/t15-,16+. The van der Waals surface area contributed by atoms with Crippen molar-refractivity contribution >= 4 is 11.6 Å². The second-order valence-electron chi connectivity index (χ2n) is 6.96. The summed E-state index contributed by atoms with van der Waals surface area (Å²) in [5.41, 5.74) is 2.67. The van der Waals surface area contributed by atoms with Gasteiger partial charge in [-0.2, -0.15) is 0 Å². The molecule has 0 spiro atoms. The summed E-state index contributed by atoms with van der Waals surface area (Å²) in [7, 11) is 0. The summed E-state index contributed by atoms with van der Waals surface area (Å²) in [6.07, 6.45) is 18.8. The van der Waals surface area contributed by atoms with E-state index in [1.54, 1.807) is 0 Å². The van der Waals surface area contributed by atoms with Gasteiger partial charge in [0.15, 0.2) is 11.6 Å². The number of rotatable bonds is 2. The van der Waals surface area contributed by atoms with Crippen molar-refractivity contribution in [2.24, 2.45) is 11.8 Å². The maximum Gasteiger partial charge on any atom is 0.155 e. The Morgan fingerprint density at radius 3 is 1.50 bits per heavy atom. The molecule has 0 radical (unpaired) electrons. The molecule has 0 saturated carbocycles. The van der Waals surface area contributed by atoms with E-state index in [-0.39, 0.29) is 0 Å². The van der Waals surface area contributed by atoms with E-state index in [0.717, 1.165) is 38.5 Å². The van der Waals surface area contributed by atoms with E-state index in [2.05, 4.69) is 12.2 Å². The summed E-state index contributed by atoms with van der Waals surface area (Å²) in [6.45, 7) is 0. The molecule has 0 amide bonds. The first-order chi connectivity index (χ1) is 10.7. The van der Waals surface area contributed by atoms with Gasteiger partial charge in [-0.15, -0.1) is 0 Å². The van der Waals surface area contributed by atoms with Gasteiger partial charge >= 0.3 is 0 Å². The van der Waals surface area contributed by atoms with Gasteiger partial charge in [-0.05, 0) is 62.5 Å². The molecule has 22 heavy (non-hydrogen) atoms. The van der Waals surface area contributed by atoms with Crippen LogP contribution in [0.4, 0.5) is 0 Å². The van der Waals surface area contributed by atoms with Gasteiger partial charge < -0.3 is 0 Å². The Labute approximate surface area is 133 Å². The minimum atomic E-state index is 0.300. The van der Waals surface area contributed by atoms with Gasteiger partial charge in [-0.3, -0.25) is 9.59 Å². The van der Waals surface area contributed by atoms with Gasteiger partial charge in [0.1, 0.15) is 0 Å². The molecule has 0 aromatic carbocycles. The molecular formula is C20H26O2. The van der Waals surface area contributed by atoms with Gasteiger partial charge in [0.2, 0.25) is 0 Å². The molecule has 2 atom stereocenters. The lowest BCUT2D eigenvalue weighted by Crippen LogP contribution is -2.14. The molecule has 2 heteroatoms. The molecule has 3 rings (SSSR count). The molecule has 0 N–H and O–H groups in total. The minimum Gasteiger partial charge on any atom is -0.295 e. The molecule has 118 valence electrons. The monoisotopic (exact) mass is 298 g/mol. The minimum absolute atomic E-state index is 0.300. The topological polar surface area (TPSA) is 34.1 Å². The lowest BCUT2D eigenvalue weighted by molar-refractivity contribution is -0.115. The highest BCUT2D eigenvalue weighted by molar-refractivity contribution is 5.91. The molecule has 0 aromatic rings. The van der Waals surface area contributed by atoms with Crippen LogP contribution in [0.25, 0.3) is 0 Å². The average Bonchev–Trinajstić information content (AvgIpc) is 2.47. The van der Waals surface area contributed by atoms with Crippen LogP contribution in [0.3, 0.4) is 0 Å². The highest BCUT2D eigenvalue weighted by atomic mass is 16.1. The van der Waals surface area contributed by atoms with Crippen molar-refractivity contribution in [1.82, 2.24) is 0 Å². The third-order valence-corrected chi connectivity index (χ3v) is 5.28. The van der Waals surface area contributed by atoms with Crippen LogP contribution in [-0.4, -0.2) is 11.6 Å². The smallest absolute Gasteiger partial charge is 0.155 e. The van der Waals surface area contributed by atoms with Crippen LogP contribution in [0.5, 0.6) is 0 Å². The quantitative estimate of drug-likeness (QED) is 0.692. The summed E-state index contributed by atoms with van der Waals surface area (Å²) in [5, 5.41) is 0. The first-order valence-corrected chi connectivity index (χ1v) is 8.87. The van der Waals surface area contributed by atoms with E-state index < -0.39 is 0 Å². The zero-order valence-corrected chi connectivity index (χ0v) is 13.4. The molecule has 3 aliphatic rings. The van der Waals surface area contributed by atoms with Gasteiger partial charge in [0, 0.05) is 12.8 Å². The van der Waals surface area contributed by atoms with Crippen molar-refractivity contribution in [1.29, 1.82) is 0 Å². The molecule has 0 saturated heterocycles. The van der Waals surface area contributed by atoms with Crippen molar-refractivity contribution in [2.75, 3.05) is 0 Å². The van der Waals surface area contributed by atoms with Crippen LogP contribution in [-0.2, 0) is 9.59 Å². The normalized spacial score (nSPS) is 31.8. The van der Waals surface area contributed by atoms with E-state index >= 15 is 0 Å². The van der Waals surface area contributed by atoms with Crippen molar-refractivity contribution in [3.63, 3.8) is 0 Å². The lowest BCUT2D eigenvalue weighted by Gasteiger charge is -2.25. The van der Waals surface area contributed by atoms with Gasteiger partial charge in [0.25, 0.3) is 0 Å². The third-order valence-electron chi connectivity index (χ3n) is 5.28. The first kappa shape index (κ1) is 15.5. The van der Waals surface area contributed by atoms with Crippen molar-refractivity contribution in [2.45, 2.75) is 64.2 Å². The Balaban J connectivity index is 1.76. The highest BCUT2D eigenvalue weighted by Gasteiger charge is 2.21. The molecule has 0 heterocycles. The molecule has 0 bridgehead atoms. The van der Waals surface area contributed by atoms with E-state index in [4.69, 9.17) is 0 Å². The Morgan fingerprint density at radius 1 is 0.636 bits per heavy atom. The van der Waals surface area contributed by atoms with Crippen LogP contribution in [0.2, 0.25) is 0 Å². The lowest BCUT2D eigenvalue weighted by atomic mass is 9.79. The number of ketones is 2. The number of hydrogen-bond acceptors (Lipinski definition) is 2. The van der Waals surface area contributed by atoms with Crippen molar-refractivity contribution < 1.29 is 9.59 Å².